The van der Waals surface area contributed by atoms with Gasteiger partial charge in [-0.25, -0.2) is 9.37 Å². The van der Waals surface area contributed by atoms with Crippen LogP contribution in [-0.4, -0.2) is 4.98 Å². The van der Waals surface area contributed by atoms with Crippen molar-refractivity contribution in [3.8, 4) is 5.88 Å². The molecule has 0 bridgehead atoms. The predicted octanol–water partition coefficient (Wildman–Crippen LogP) is 3.14. The number of benzene rings is 1. The van der Waals surface area contributed by atoms with Crippen LogP contribution in [0.5, 0.6) is 5.88 Å². The lowest BCUT2D eigenvalue weighted by Gasteiger charge is -2.08. The molecule has 88 valence electrons. The van der Waals surface area contributed by atoms with Crippen molar-refractivity contribution in [2.75, 3.05) is 5.73 Å². The normalized spacial score (nSPS) is 10.2. The van der Waals surface area contributed by atoms with Gasteiger partial charge in [-0.2, -0.15) is 0 Å². The summed E-state index contributed by atoms with van der Waals surface area (Å²) in [7, 11) is 0. The second kappa shape index (κ2) is 5.14. The highest BCUT2D eigenvalue weighted by Crippen LogP contribution is 2.24. The molecule has 2 N–H and O–H groups in total. The number of pyridine rings is 1. The van der Waals surface area contributed by atoms with E-state index in [2.05, 4.69) is 20.9 Å². The number of ether oxygens (including phenoxy) is 1. The van der Waals surface area contributed by atoms with Crippen LogP contribution >= 0.6 is 15.9 Å². The van der Waals surface area contributed by atoms with Gasteiger partial charge in [-0.15, -0.1) is 0 Å². The van der Waals surface area contributed by atoms with Crippen molar-refractivity contribution in [2.24, 2.45) is 0 Å². The number of nitrogen functional groups attached to an aromatic ring is 1. The number of anilines is 1. The van der Waals surface area contributed by atoms with Gasteiger partial charge in [-0.1, -0.05) is 18.2 Å². The fourth-order valence-electron chi connectivity index (χ4n) is 1.31. The van der Waals surface area contributed by atoms with E-state index in [1.807, 2.05) is 0 Å². The minimum absolute atomic E-state index is 0.127. The van der Waals surface area contributed by atoms with Gasteiger partial charge in [0.25, 0.3) is 0 Å². The Morgan fingerprint density at radius 1 is 1.35 bits per heavy atom. The van der Waals surface area contributed by atoms with E-state index in [1.165, 1.54) is 12.3 Å². The molecule has 0 unspecified atom stereocenters. The first kappa shape index (κ1) is 11.9. The Kier molecular flexibility index (Phi) is 3.58. The molecule has 0 amide bonds. The molecule has 1 aromatic carbocycles. The summed E-state index contributed by atoms with van der Waals surface area (Å²) in [5.74, 6) is 0.0986. The average molecular weight is 297 g/mol. The summed E-state index contributed by atoms with van der Waals surface area (Å²) in [5.41, 5.74) is 6.57. The van der Waals surface area contributed by atoms with Crippen molar-refractivity contribution in [1.82, 2.24) is 4.98 Å². The molecule has 0 saturated carbocycles. The molecule has 5 heteroatoms. The first-order valence-corrected chi connectivity index (χ1v) is 5.73. The van der Waals surface area contributed by atoms with E-state index in [0.29, 0.717) is 21.6 Å². The topological polar surface area (TPSA) is 48.1 Å². The summed E-state index contributed by atoms with van der Waals surface area (Å²) in [6.45, 7) is 0.127. The fraction of sp³-hybridized carbons (Fsp3) is 0.0833. The van der Waals surface area contributed by atoms with E-state index < -0.39 is 0 Å². The number of halogens is 2. The van der Waals surface area contributed by atoms with Gasteiger partial charge in [0.15, 0.2) is 0 Å². The fourth-order valence-corrected chi connectivity index (χ4v) is 1.79. The van der Waals surface area contributed by atoms with Crippen LogP contribution < -0.4 is 10.5 Å². The highest BCUT2D eigenvalue weighted by molar-refractivity contribution is 9.10. The number of hydrogen-bond donors (Lipinski definition) is 1. The SMILES string of the molecule is Nc1cnc(OCc2ccccc2F)c(Br)c1. The number of nitrogens with two attached hydrogens (primary N) is 1. The van der Waals surface area contributed by atoms with Crippen LogP contribution in [0.1, 0.15) is 5.56 Å². The molecule has 17 heavy (non-hydrogen) atoms. The van der Waals surface area contributed by atoms with Gasteiger partial charge in [0.1, 0.15) is 12.4 Å². The van der Waals surface area contributed by atoms with Crippen LogP contribution in [0.15, 0.2) is 41.0 Å². The number of hydrogen-bond acceptors (Lipinski definition) is 3. The lowest BCUT2D eigenvalue weighted by atomic mass is 10.2. The summed E-state index contributed by atoms with van der Waals surface area (Å²) in [6, 6.07) is 8.14. The molecule has 0 fully saturated rings. The lowest BCUT2D eigenvalue weighted by molar-refractivity contribution is 0.286. The van der Waals surface area contributed by atoms with Gasteiger partial charge in [0.2, 0.25) is 5.88 Å². The summed E-state index contributed by atoms with van der Waals surface area (Å²) in [4.78, 5) is 4.01. The Bertz CT molecular complexity index is 534. The maximum atomic E-state index is 13.3. The highest BCUT2D eigenvalue weighted by atomic mass is 79.9. The van der Waals surface area contributed by atoms with E-state index in [-0.39, 0.29) is 12.4 Å². The molecule has 0 atom stereocenters. The monoisotopic (exact) mass is 296 g/mol. The summed E-state index contributed by atoms with van der Waals surface area (Å²) >= 11 is 3.28. The van der Waals surface area contributed by atoms with Gasteiger partial charge in [-0.05, 0) is 28.1 Å². The summed E-state index contributed by atoms with van der Waals surface area (Å²) < 4.78 is 19.4. The Balaban J connectivity index is 2.10. The quantitative estimate of drug-likeness (QED) is 0.946. The maximum absolute atomic E-state index is 13.3. The molecule has 0 aliphatic heterocycles. The molecule has 0 radical (unpaired) electrons. The van der Waals surface area contributed by atoms with Crippen LogP contribution in [0.25, 0.3) is 0 Å². The smallest absolute Gasteiger partial charge is 0.228 e. The van der Waals surface area contributed by atoms with Crippen molar-refractivity contribution in [1.29, 1.82) is 0 Å². The zero-order valence-corrected chi connectivity index (χ0v) is 10.4. The van der Waals surface area contributed by atoms with Crippen molar-refractivity contribution >= 4 is 21.6 Å². The van der Waals surface area contributed by atoms with Gasteiger partial charge in [0.05, 0.1) is 16.4 Å². The second-order valence-corrected chi connectivity index (χ2v) is 4.29. The van der Waals surface area contributed by atoms with Crippen molar-refractivity contribution < 1.29 is 9.13 Å². The molecule has 2 rings (SSSR count). The largest absolute Gasteiger partial charge is 0.472 e. The molecule has 2 aromatic rings. The van der Waals surface area contributed by atoms with Gasteiger partial charge < -0.3 is 10.5 Å². The third kappa shape index (κ3) is 2.94. The second-order valence-electron chi connectivity index (χ2n) is 3.44. The first-order valence-electron chi connectivity index (χ1n) is 4.94. The molecule has 0 aliphatic carbocycles. The Hall–Kier alpha value is -1.62. The molecule has 1 heterocycles. The van der Waals surface area contributed by atoms with E-state index in [0.717, 1.165) is 0 Å². The van der Waals surface area contributed by atoms with E-state index in [4.69, 9.17) is 10.5 Å². The van der Waals surface area contributed by atoms with Crippen LogP contribution in [0.4, 0.5) is 10.1 Å². The van der Waals surface area contributed by atoms with Gasteiger partial charge in [0, 0.05) is 5.56 Å². The standard InChI is InChI=1S/C12H10BrFN2O/c13-10-5-9(15)6-16-12(10)17-7-8-3-1-2-4-11(8)14/h1-6H,7,15H2. The molecule has 0 saturated heterocycles. The Labute approximate surface area is 107 Å². The van der Waals surface area contributed by atoms with E-state index in [9.17, 15) is 4.39 Å². The van der Waals surface area contributed by atoms with E-state index >= 15 is 0 Å². The van der Waals surface area contributed by atoms with Gasteiger partial charge in [-0.3, -0.25) is 0 Å². The van der Waals surface area contributed by atoms with Crippen LogP contribution in [0.3, 0.4) is 0 Å². The third-order valence-electron chi connectivity index (χ3n) is 2.15. The molecular formula is C12H10BrFN2O. The Morgan fingerprint density at radius 3 is 2.82 bits per heavy atom. The van der Waals surface area contributed by atoms with Gasteiger partial charge >= 0.3 is 0 Å². The third-order valence-corrected chi connectivity index (χ3v) is 2.72. The minimum atomic E-state index is -0.293. The minimum Gasteiger partial charge on any atom is -0.472 e. The summed E-state index contributed by atoms with van der Waals surface area (Å²) in [5, 5.41) is 0. The van der Waals surface area contributed by atoms with Crippen LogP contribution in [0, 0.1) is 5.82 Å². The molecular weight excluding hydrogens is 287 g/mol. The predicted molar refractivity (Wildman–Crippen MR) is 67.1 cm³/mol. The first-order chi connectivity index (χ1) is 8.16. The van der Waals surface area contributed by atoms with E-state index in [1.54, 1.807) is 24.3 Å². The van der Waals surface area contributed by atoms with Crippen molar-refractivity contribution in [3.05, 3.63) is 52.4 Å². The Morgan fingerprint density at radius 2 is 2.12 bits per heavy atom. The molecule has 1 aromatic heterocycles. The zero-order chi connectivity index (χ0) is 12.3. The zero-order valence-electron chi connectivity index (χ0n) is 8.86. The summed E-state index contributed by atoms with van der Waals surface area (Å²) in [6.07, 6.45) is 1.49. The number of aromatic nitrogens is 1. The number of nitrogens with zero attached hydrogens (tertiary/aromatic N) is 1. The maximum Gasteiger partial charge on any atom is 0.228 e. The van der Waals surface area contributed by atoms with Crippen LogP contribution in [0.2, 0.25) is 0 Å². The van der Waals surface area contributed by atoms with Crippen LogP contribution in [-0.2, 0) is 6.61 Å². The number of rotatable bonds is 3. The molecule has 0 spiro atoms. The molecule has 3 nitrogen and oxygen atoms in total. The highest BCUT2D eigenvalue weighted by Gasteiger charge is 2.06. The lowest BCUT2D eigenvalue weighted by Crippen LogP contribution is -2.00. The van der Waals surface area contributed by atoms with Crippen molar-refractivity contribution in [2.45, 2.75) is 6.61 Å². The molecule has 0 aliphatic rings. The average Bonchev–Trinajstić information content (AvgIpc) is 2.30. The van der Waals surface area contributed by atoms with Crippen molar-refractivity contribution in [3.63, 3.8) is 0 Å².